The van der Waals surface area contributed by atoms with Crippen molar-refractivity contribution in [1.29, 1.82) is 0 Å². The number of rotatable bonds is 6. The Labute approximate surface area is 175 Å². The number of anilines is 1. The smallest absolute Gasteiger partial charge is 0.270 e. The number of benzene rings is 3. The minimum Gasteiger partial charge on any atom is -0.348 e. The third-order valence-electron chi connectivity index (χ3n) is 4.15. The molecule has 3 aromatic carbocycles. The van der Waals surface area contributed by atoms with Crippen LogP contribution in [0, 0.1) is 15.9 Å². The van der Waals surface area contributed by atoms with E-state index in [0.717, 1.165) is 6.07 Å². The molecule has 152 valence electrons. The van der Waals surface area contributed by atoms with Gasteiger partial charge in [0, 0.05) is 29.9 Å². The van der Waals surface area contributed by atoms with Gasteiger partial charge in [-0.2, -0.15) is 0 Å². The number of halogens is 2. The molecule has 0 bridgehead atoms. The van der Waals surface area contributed by atoms with Crippen LogP contribution in [0.5, 0.6) is 0 Å². The zero-order chi connectivity index (χ0) is 21.7. The van der Waals surface area contributed by atoms with Gasteiger partial charge in [0.25, 0.3) is 17.5 Å². The van der Waals surface area contributed by atoms with E-state index < -0.39 is 22.6 Å². The Bertz CT molecular complexity index is 1120. The Kier molecular flexibility index (Phi) is 6.38. The fourth-order valence-electron chi connectivity index (χ4n) is 2.64. The van der Waals surface area contributed by atoms with Gasteiger partial charge in [0.15, 0.2) is 0 Å². The standard InChI is InChI=1S/C21H15ClFN3O4/c22-19-9-8-17(26(29)30)11-18(19)21(28)24-12-13-2-1-3-16(10-13)25-20(27)14-4-6-15(23)7-5-14/h1-11H,12H2,(H,24,28)(H,25,27). The number of nitro groups is 1. The second-order valence-electron chi connectivity index (χ2n) is 6.27. The number of carbonyl (C=O) groups excluding carboxylic acids is 2. The molecule has 2 amide bonds. The Morgan fingerprint density at radius 1 is 1.00 bits per heavy atom. The molecule has 3 aromatic rings. The van der Waals surface area contributed by atoms with Gasteiger partial charge in [-0.15, -0.1) is 0 Å². The summed E-state index contributed by atoms with van der Waals surface area (Å²) in [6.07, 6.45) is 0. The van der Waals surface area contributed by atoms with E-state index >= 15 is 0 Å². The number of hydrogen-bond acceptors (Lipinski definition) is 4. The van der Waals surface area contributed by atoms with Gasteiger partial charge >= 0.3 is 0 Å². The van der Waals surface area contributed by atoms with E-state index in [-0.39, 0.29) is 22.8 Å². The molecule has 2 N–H and O–H groups in total. The lowest BCUT2D eigenvalue weighted by Gasteiger charge is -2.10. The van der Waals surface area contributed by atoms with E-state index in [0.29, 0.717) is 16.8 Å². The van der Waals surface area contributed by atoms with Crippen LogP contribution in [0.4, 0.5) is 15.8 Å². The van der Waals surface area contributed by atoms with E-state index in [1.54, 1.807) is 24.3 Å². The SMILES string of the molecule is O=C(Nc1cccc(CNC(=O)c2cc([N+](=O)[O-])ccc2Cl)c1)c1ccc(F)cc1. The molecule has 3 rings (SSSR count). The Morgan fingerprint density at radius 3 is 2.43 bits per heavy atom. The van der Waals surface area contributed by atoms with E-state index in [1.807, 2.05) is 0 Å². The predicted octanol–water partition coefficient (Wildman–Crippen LogP) is 4.57. The van der Waals surface area contributed by atoms with Crippen LogP contribution in [-0.2, 0) is 6.54 Å². The quantitative estimate of drug-likeness (QED) is 0.444. The molecule has 0 saturated carbocycles. The lowest BCUT2D eigenvalue weighted by atomic mass is 10.1. The van der Waals surface area contributed by atoms with Gasteiger partial charge in [0.1, 0.15) is 5.82 Å². The normalized spacial score (nSPS) is 10.3. The second kappa shape index (κ2) is 9.15. The molecule has 0 aliphatic heterocycles. The van der Waals surface area contributed by atoms with Gasteiger partial charge in [-0.1, -0.05) is 23.7 Å². The third kappa shape index (κ3) is 5.18. The van der Waals surface area contributed by atoms with Gasteiger partial charge < -0.3 is 10.6 Å². The van der Waals surface area contributed by atoms with E-state index in [2.05, 4.69) is 10.6 Å². The van der Waals surface area contributed by atoms with Crippen molar-refractivity contribution >= 4 is 34.8 Å². The maximum Gasteiger partial charge on any atom is 0.270 e. The number of nitro benzene ring substituents is 1. The zero-order valence-corrected chi connectivity index (χ0v) is 16.2. The van der Waals surface area contributed by atoms with Crippen LogP contribution in [0.15, 0.2) is 66.7 Å². The zero-order valence-electron chi connectivity index (χ0n) is 15.4. The fourth-order valence-corrected chi connectivity index (χ4v) is 2.85. The largest absolute Gasteiger partial charge is 0.348 e. The lowest BCUT2D eigenvalue weighted by molar-refractivity contribution is -0.384. The first kappa shape index (κ1) is 20.9. The molecule has 0 spiro atoms. The first-order valence-electron chi connectivity index (χ1n) is 8.71. The molecule has 7 nitrogen and oxygen atoms in total. The van der Waals surface area contributed by atoms with Gasteiger partial charge in [-0.05, 0) is 48.0 Å². The Morgan fingerprint density at radius 2 is 1.73 bits per heavy atom. The van der Waals surface area contributed by atoms with E-state index in [4.69, 9.17) is 11.6 Å². The van der Waals surface area contributed by atoms with Crippen molar-refractivity contribution in [2.45, 2.75) is 6.54 Å². The van der Waals surface area contributed by atoms with Crippen molar-refractivity contribution in [2.75, 3.05) is 5.32 Å². The van der Waals surface area contributed by atoms with Crippen LogP contribution in [0.25, 0.3) is 0 Å². The first-order chi connectivity index (χ1) is 14.3. The molecule has 0 aliphatic rings. The maximum absolute atomic E-state index is 13.0. The molecular weight excluding hydrogens is 413 g/mol. The van der Waals surface area contributed by atoms with Crippen molar-refractivity contribution < 1.29 is 18.9 Å². The van der Waals surface area contributed by atoms with Crippen molar-refractivity contribution in [1.82, 2.24) is 5.32 Å². The van der Waals surface area contributed by atoms with Crippen LogP contribution in [0.1, 0.15) is 26.3 Å². The molecule has 9 heteroatoms. The highest BCUT2D eigenvalue weighted by molar-refractivity contribution is 6.33. The van der Waals surface area contributed by atoms with Crippen LogP contribution in [0.2, 0.25) is 5.02 Å². The minimum atomic E-state index is -0.611. The van der Waals surface area contributed by atoms with Gasteiger partial charge in [0.2, 0.25) is 0 Å². The maximum atomic E-state index is 13.0. The highest BCUT2D eigenvalue weighted by Crippen LogP contribution is 2.22. The molecule has 0 saturated heterocycles. The van der Waals surface area contributed by atoms with Crippen molar-refractivity contribution in [3.8, 4) is 0 Å². The summed E-state index contributed by atoms with van der Waals surface area (Å²) in [6.45, 7) is 0.109. The molecule has 0 aromatic heterocycles. The van der Waals surface area contributed by atoms with E-state index in [1.165, 1.54) is 36.4 Å². The summed E-state index contributed by atoms with van der Waals surface area (Å²) in [5.41, 5.74) is 1.23. The van der Waals surface area contributed by atoms with Gasteiger partial charge in [-0.25, -0.2) is 4.39 Å². The fraction of sp³-hybridized carbons (Fsp3) is 0.0476. The Hall–Kier alpha value is -3.78. The van der Waals surface area contributed by atoms with Crippen molar-refractivity contribution in [2.24, 2.45) is 0 Å². The molecule has 0 fully saturated rings. The summed E-state index contributed by atoms with van der Waals surface area (Å²) in [5, 5.41) is 16.3. The number of nitrogens with one attached hydrogen (secondary N) is 2. The predicted molar refractivity (Wildman–Crippen MR) is 110 cm³/mol. The number of amides is 2. The van der Waals surface area contributed by atoms with Crippen LogP contribution >= 0.6 is 11.6 Å². The highest BCUT2D eigenvalue weighted by Gasteiger charge is 2.15. The average Bonchev–Trinajstić information content (AvgIpc) is 2.73. The number of carbonyl (C=O) groups is 2. The van der Waals surface area contributed by atoms with Crippen LogP contribution in [0.3, 0.4) is 0 Å². The number of non-ortho nitro benzene ring substituents is 1. The first-order valence-corrected chi connectivity index (χ1v) is 9.09. The minimum absolute atomic E-state index is 0.00775. The molecule has 30 heavy (non-hydrogen) atoms. The summed E-state index contributed by atoms with van der Waals surface area (Å²) >= 11 is 5.97. The van der Waals surface area contributed by atoms with Crippen LogP contribution < -0.4 is 10.6 Å². The average molecular weight is 428 g/mol. The molecular formula is C21H15ClFN3O4. The monoisotopic (exact) mass is 427 g/mol. The van der Waals surface area contributed by atoms with Gasteiger partial charge in [-0.3, -0.25) is 19.7 Å². The summed E-state index contributed by atoms with van der Waals surface area (Å²) in [6, 6.07) is 15.5. The van der Waals surface area contributed by atoms with Crippen LogP contribution in [-0.4, -0.2) is 16.7 Å². The molecule has 0 radical (unpaired) electrons. The van der Waals surface area contributed by atoms with Crippen molar-refractivity contribution in [3.05, 3.63) is 104 Å². The summed E-state index contributed by atoms with van der Waals surface area (Å²) in [5.74, 6) is -1.41. The summed E-state index contributed by atoms with van der Waals surface area (Å²) in [7, 11) is 0. The molecule has 0 atom stereocenters. The molecule has 0 unspecified atom stereocenters. The summed E-state index contributed by atoms with van der Waals surface area (Å²) in [4.78, 5) is 34.9. The second-order valence-corrected chi connectivity index (χ2v) is 6.67. The van der Waals surface area contributed by atoms with Crippen molar-refractivity contribution in [3.63, 3.8) is 0 Å². The number of nitrogens with zero attached hydrogens (tertiary/aromatic N) is 1. The third-order valence-corrected chi connectivity index (χ3v) is 4.48. The van der Waals surface area contributed by atoms with Gasteiger partial charge in [0.05, 0.1) is 15.5 Å². The molecule has 0 aliphatic carbocycles. The lowest BCUT2D eigenvalue weighted by Crippen LogP contribution is -2.23. The number of hydrogen-bond donors (Lipinski definition) is 2. The summed E-state index contributed by atoms with van der Waals surface area (Å²) < 4.78 is 13.0. The highest BCUT2D eigenvalue weighted by atomic mass is 35.5. The molecule has 0 heterocycles. The van der Waals surface area contributed by atoms with E-state index in [9.17, 15) is 24.1 Å². The topological polar surface area (TPSA) is 101 Å². The Balaban J connectivity index is 1.66.